The first-order chi connectivity index (χ1) is 28.5. The van der Waals surface area contributed by atoms with Gasteiger partial charge in [-0.15, -0.1) is 11.3 Å². The summed E-state index contributed by atoms with van der Waals surface area (Å²) in [6.07, 6.45) is 6.12. The Morgan fingerprint density at radius 2 is 0.931 bits per heavy atom. The molecule has 2 saturated carbocycles. The molecule has 2 aliphatic carbocycles. The number of nitrogens with zero attached hydrogens (tertiary/aromatic N) is 6. The van der Waals surface area contributed by atoms with Crippen LogP contribution in [-0.4, -0.2) is 15.0 Å². The number of rotatable bonds is 6. The van der Waals surface area contributed by atoms with Gasteiger partial charge in [-0.25, -0.2) is 15.0 Å². The molecule has 0 amide bonds. The zero-order valence-corrected chi connectivity index (χ0v) is 32.5. The molecule has 2 aromatic heterocycles. The number of thiophene rings is 1. The zero-order valence-electron chi connectivity index (χ0n) is 31.6. The smallest absolute Gasteiger partial charge is 0.164 e. The number of aromatic nitrogens is 3. The van der Waals surface area contributed by atoms with Crippen LogP contribution in [0.3, 0.4) is 0 Å². The maximum Gasteiger partial charge on any atom is 0.164 e. The second-order valence-electron chi connectivity index (χ2n) is 15.8. The molecule has 0 radical (unpaired) electrons. The number of hydrogen-bond donors (Lipinski definition) is 0. The summed E-state index contributed by atoms with van der Waals surface area (Å²) in [7, 11) is 0. The van der Waals surface area contributed by atoms with Crippen LogP contribution in [0.2, 0.25) is 0 Å². The van der Waals surface area contributed by atoms with E-state index in [1.807, 2.05) is 24.3 Å². The second kappa shape index (κ2) is 14.8. The molecule has 58 heavy (non-hydrogen) atoms. The molecule has 0 N–H and O–H groups in total. The van der Waals surface area contributed by atoms with Crippen molar-refractivity contribution in [2.24, 2.45) is 11.8 Å². The summed E-state index contributed by atoms with van der Waals surface area (Å²) >= 11 is 1.59. The van der Waals surface area contributed by atoms with Crippen molar-refractivity contribution in [1.82, 2.24) is 15.0 Å². The monoisotopic (exact) mass is 764 g/mol. The number of benzene rings is 6. The minimum Gasteiger partial charge on any atom is -0.208 e. The number of nitriles is 3. The minimum absolute atomic E-state index is 0.522. The van der Waals surface area contributed by atoms with E-state index in [0.29, 0.717) is 52.3 Å². The van der Waals surface area contributed by atoms with E-state index in [9.17, 15) is 15.8 Å². The molecule has 2 unspecified atom stereocenters. The van der Waals surface area contributed by atoms with Gasteiger partial charge in [0.15, 0.2) is 17.5 Å². The van der Waals surface area contributed by atoms with Gasteiger partial charge in [0.25, 0.3) is 0 Å². The first-order valence-electron chi connectivity index (χ1n) is 19.9. The highest BCUT2D eigenvalue weighted by Gasteiger charge is 2.37. The van der Waals surface area contributed by atoms with Crippen molar-refractivity contribution in [1.29, 1.82) is 15.8 Å². The highest BCUT2D eigenvalue weighted by atomic mass is 32.1. The quantitative estimate of drug-likeness (QED) is 0.167. The molecule has 8 aromatic rings. The largest absolute Gasteiger partial charge is 0.208 e. The molecular formula is C51H36N6S. The SMILES string of the molecule is N#Cc1ccc(-c2nc(-c3ccc(C#N)cc3)nc(-c3ccc(C4CC5CC(C4)CC(c4ccc(-c6c(C#N)sc7ccc8ccccc8c67)cc4)C5)cc3)n2)cc1. The molecule has 0 aliphatic heterocycles. The zero-order chi connectivity index (χ0) is 39.2. The minimum atomic E-state index is 0.522. The lowest BCUT2D eigenvalue weighted by atomic mass is 9.62. The molecule has 2 heterocycles. The first-order valence-corrected chi connectivity index (χ1v) is 20.7. The fourth-order valence-corrected chi connectivity index (χ4v) is 10.6. The van der Waals surface area contributed by atoms with Gasteiger partial charge in [0.2, 0.25) is 0 Å². The molecule has 0 spiro atoms. The predicted octanol–water partition coefficient (Wildman–Crippen LogP) is 12.6. The third-order valence-electron chi connectivity index (χ3n) is 12.3. The molecule has 2 aliphatic rings. The third kappa shape index (κ3) is 6.58. The van der Waals surface area contributed by atoms with Gasteiger partial charge in [-0.05, 0) is 138 Å². The van der Waals surface area contributed by atoms with E-state index < -0.39 is 0 Å². The van der Waals surface area contributed by atoms with E-state index in [1.54, 1.807) is 35.6 Å². The Bertz CT molecular complexity index is 2870. The highest BCUT2D eigenvalue weighted by molar-refractivity contribution is 7.20. The normalized spacial score (nSPS) is 18.6. The van der Waals surface area contributed by atoms with Gasteiger partial charge >= 0.3 is 0 Å². The predicted molar refractivity (Wildman–Crippen MR) is 231 cm³/mol. The van der Waals surface area contributed by atoms with E-state index in [1.165, 1.54) is 59.4 Å². The summed E-state index contributed by atoms with van der Waals surface area (Å²) in [5.41, 5.74) is 8.65. The van der Waals surface area contributed by atoms with Crippen LogP contribution in [0.25, 0.3) is 66.1 Å². The lowest BCUT2D eigenvalue weighted by Gasteiger charge is -2.43. The van der Waals surface area contributed by atoms with E-state index in [4.69, 9.17) is 15.0 Å². The van der Waals surface area contributed by atoms with Crippen LogP contribution in [0.4, 0.5) is 0 Å². The lowest BCUT2D eigenvalue weighted by molar-refractivity contribution is 0.151. The average molecular weight is 765 g/mol. The Kier molecular flexibility index (Phi) is 9.06. The van der Waals surface area contributed by atoms with E-state index in [2.05, 4.69) is 103 Å². The van der Waals surface area contributed by atoms with Crippen LogP contribution in [0.15, 0.2) is 133 Å². The number of fused-ring (bicyclic) bond motifs is 5. The van der Waals surface area contributed by atoms with Crippen LogP contribution in [-0.2, 0) is 0 Å². The first kappa shape index (κ1) is 35.4. The lowest BCUT2D eigenvalue weighted by Crippen LogP contribution is -2.29. The molecule has 6 nitrogen and oxygen atoms in total. The van der Waals surface area contributed by atoms with Gasteiger partial charge in [-0.2, -0.15) is 15.8 Å². The van der Waals surface area contributed by atoms with Gasteiger partial charge in [0, 0.05) is 32.3 Å². The summed E-state index contributed by atoms with van der Waals surface area (Å²) in [6.45, 7) is 0. The van der Waals surface area contributed by atoms with E-state index in [-0.39, 0.29) is 0 Å². The fourth-order valence-electron chi connectivity index (χ4n) is 9.60. The maximum absolute atomic E-state index is 10.1. The van der Waals surface area contributed by atoms with E-state index in [0.717, 1.165) is 37.4 Å². The summed E-state index contributed by atoms with van der Waals surface area (Å²) in [4.78, 5) is 15.4. The Balaban J connectivity index is 0.873. The molecule has 2 fully saturated rings. The highest BCUT2D eigenvalue weighted by Crippen LogP contribution is 2.51. The van der Waals surface area contributed by atoms with Crippen molar-refractivity contribution in [3.63, 3.8) is 0 Å². The third-order valence-corrected chi connectivity index (χ3v) is 13.4. The molecular weight excluding hydrogens is 729 g/mol. The van der Waals surface area contributed by atoms with Crippen LogP contribution in [0.5, 0.6) is 0 Å². The summed E-state index contributed by atoms with van der Waals surface area (Å²) in [5.74, 6) is 4.09. The molecule has 7 heteroatoms. The van der Waals surface area contributed by atoms with Crippen molar-refractivity contribution in [2.75, 3.05) is 0 Å². The second-order valence-corrected chi connectivity index (χ2v) is 16.9. The Morgan fingerprint density at radius 3 is 1.41 bits per heavy atom. The standard InChI is InChI=1S/C51H36N6S/c52-28-31-5-9-39(10-6-31)49-55-50(40-11-7-32(29-53)8-12-40)57-51(56-49)41-19-15-36(16-20-41)43-26-33-23-34(27-43)25-42(24-33)35-13-17-38(18-14-35)47-46(30-54)58-45-22-21-37-3-1-2-4-44(37)48(45)47/h1-22,33-34,42-43H,23-27H2. The Hall–Kier alpha value is -6.98. The molecule has 10 rings (SSSR count). The van der Waals surface area contributed by atoms with Gasteiger partial charge < -0.3 is 0 Å². The van der Waals surface area contributed by atoms with Crippen molar-refractivity contribution in [2.45, 2.75) is 43.9 Å². The van der Waals surface area contributed by atoms with Gasteiger partial charge in [-0.3, -0.25) is 0 Å². The van der Waals surface area contributed by atoms with Crippen molar-refractivity contribution in [3.8, 4) is 63.5 Å². The molecule has 0 saturated heterocycles. The van der Waals surface area contributed by atoms with Crippen LogP contribution < -0.4 is 0 Å². The Labute approximate surface area is 341 Å². The molecule has 2 atom stereocenters. The Morgan fingerprint density at radius 1 is 0.466 bits per heavy atom. The van der Waals surface area contributed by atoms with Crippen molar-refractivity contribution >= 4 is 32.2 Å². The molecule has 2 bridgehead atoms. The van der Waals surface area contributed by atoms with Gasteiger partial charge in [-0.1, -0.05) is 78.9 Å². The van der Waals surface area contributed by atoms with Crippen LogP contribution in [0, 0.1) is 45.8 Å². The summed E-state index contributed by atoms with van der Waals surface area (Å²) in [5, 5.41) is 32.4. The fraction of sp³-hybridized carbons (Fsp3) is 0.176. The maximum atomic E-state index is 10.1. The summed E-state index contributed by atoms with van der Waals surface area (Å²) < 4.78 is 1.16. The van der Waals surface area contributed by atoms with Crippen molar-refractivity contribution in [3.05, 3.63) is 161 Å². The van der Waals surface area contributed by atoms with Gasteiger partial charge in [0.1, 0.15) is 10.9 Å². The van der Waals surface area contributed by atoms with Crippen molar-refractivity contribution < 1.29 is 0 Å². The molecule has 276 valence electrons. The number of hydrogen-bond acceptors (Lipinski definition) is 7. The average Bonchev–Trinajstić information content (AvgIpc) is 3.68. The molecule has 6 aromatic carbocycles. The van der Waals surface area contributed by atoms with Crippen LogP contribution in [0.1, 0.15) is 71.1 Å². The van der Waals surface area contributed by atoms with Crippen LogP contribution >= 0.6 is 11.3 Å². The van der Waals surface area contributed by atoms with E-state index >= 15 is 0 Å². The summed E-state index contributed by atoms with van der Waals surface area (Å²) in [6, 6.07) is 52.1. The van der Waals surface area contributed by atoms with Gasteiger partial charge in [0.05, 0.1) is 23.3 Å². The topological polar surface area (TPSA) is 110 Å².